The summed E-state index contributed by atoms with van der Waals surface area (Å²) in [5.41, 5.74) is 12.4. The predicted molar refractivity (Wildman–Crippen MR) is 227 cm³/mol. The number of nitrogens with zero attached hydrogens (tertiary/aromatic N) is 2. The first kappa shape index (κ1) is 30.7. The molecule has 0 spiro atoms. The van der Waals surface area contributed by atoms with Crippen LogP contribution in [0.15, 0.2) is 186 Å². The Bertz CT molecular complexity index is 3210. The third kappa shape index (κ3) is 5.03. The second kappa shape index (κ2) is 12.4. The van der Waals surface area contributed by atoms with E-state index in [2.05, 4.69) is 170 Å². The molecule has 0 radical (unpaired) electrons. The smallest absolute Gasteiger partial charge is 0.161 e. The zero-order valence-electron chi connectivity index (χ0n) is 29.0. The van der Waals surface area contributed by atoms with Gasteiger partial charge in [-0.1, -0.05) is 146 Å². The van der Waals surface area contributed by atoms with Crippen molar-refractivity contribution in [3.05, 3.63) is 182 Å². The largest absolute Gasteiger partial charge is 0.455 e. The topological polar surface area (TPSA) is 38.9 Å². The van der Waals surface area contributed by atoms with E-state index in [9.17, 15) is 0 Å². The lowest BCUT2D eigenvalue weighted by atomic mass is 9.95. The third-order valence-electron chi connectivity index (χ3n) is 10.5. The Labute approximate surface area is 315 Å². The molecule has 3 aromatic heterocycles. The monoisotopic (exact) mass is 706 g/mol. The van der Waals surface area contributed by atoms with E-state index >= 15 is 0 Å². The van der Waals surface area contributed by atoms with Crippen molar-refractivity contribution in [1.29, 1.82) is 0 Å². The lowest BCUT2D eigenvalue weighted by Gasteiger charge is -2.11. The minimum Gasteiger partial charge on any atom is -0.455 e. The molecule has 0 amide bonds. The van der Waals surface area contributed by atoms with E-state index in [0.717, 1.165) is 71.1 Å². The highest BCUT2D eigenvalue weighted by molar-refractivity contribution is 7.26. The maximum atomic E-state index is 6.73. The summed E-state index contributed by atoms with van der Waals surface area (Å²) in [7, 11) is 0. The van der Waals surface area contributed by atoms with Crippen molar-refractivity contribution in [2.45, 2.75) is 0 Å². The Morgan fingerprint density at radius 2 is 1.07 bits per heavy atom. The first-order valence-electron chi connectivity index (χ1n) is 18.1. The van der Waals surface area contributed by atoms with Gasteiger partial charge in [0.2, 0.25) is 0 Å². The second-order valence-electron chi connectivity index (χ2n) is 13.7. The van der Waals surface area contributed by atoms with Gasteiger partial charge in [0, 0.05) is 37.5 Å². The normalized spacial score (nSPS) is 11.7. The van der Waals surface area contributed by atoms with E-state index in [4.69, 9.17) is 14.4 Å². The Kier molecular flexibility index (Phi) is 7.04. The average Bonchev–Trinajstić information content (AvgIpc) is 3.82. The van der Waals surface area contributed by atoms with E-state index in [1.165, 1.54) is 32.2 Å². The molecule has 0 N–H and O–H groups in total. The lowest BCUT2D eigenvalue weighted by molar-refractivity contribution is 0.670. The Hall–Kier alpha value is -6.88. The van der Waals surface area contributed by atoms with Crippen LogP contribution >= 0.6 is 11.3 Å². The van der Waals surface area contributed by atoms with Crippen molar-refractivity contribution in [1.82, 2.24) is 9.97 Å². The number of furan rings is 1. The molecular weight excluding hydrogens is 677 g/mol. The number of fused-ring (bicyclic) bond motifs is 7. The van der Waals surface area contributed by atoms with Crippen molar-refractivity contribution >= 4 is 64.4 Å². The first-order valence-corrected chi connectivity index (χ1v) is 19.0. The van der Waals surface area contributed by atoms with Gasteiger partial charge in [0.15, 0.2) is 5.82 Å². The van der Waals surface area contributed by atoms with E-state index in [1.54, 1.807) is 11.3 Å². The molecule has 0 aliphatic heterocycles. The molecule has 0 saturated heterocycles. The fourth-order valence-electron chi connectivity index (χ4n) is 7.84. The van der Waals surface area contributed by atoms with Gasteiger partial charge < -0.3 is 4.42 Å². The summed E-state index contributed by atoms with van der Waals surface area (Å²) in [5.74, 6) is 0.681. The van der Waals surface area contributed by atoms with Gasteiger partial charge in [-0.15, -0.1) is 11.3 Å². The van der Waals surface area contributed by atoms with Gasteiger partial charge in [0.1, 0.15) is 11.2 Å². The number of rotatable bonds is 5. The SMILES string of the molecule is c1ccc(-c2cccc(-c3ccc(-c4nc(-c5ccc(-c6ccc7ccccc7c6)cc5)c5sc6ccccc6c5n4)c4c3oc3ccccc34)c2)cc1. The Balaban J connectivity index is 1.11. The number of hydrogen-bond acceptors (Lipinski definition) is 4. The molecule has 8 aromatic carbocycles. The summed E-state index contributed by atoms with van der Waals surface area (Å²) in [6, 6.07) is 64.3. The van der Waals surface area contributed by atoms with Crippen LogP contribution in [0.4, 0.5) is 0 Å². The van der Waals surface area contributed by atoms with Gasteiger partial charge >= 0.3 is 0 Å². The maximum Gasteiger partial charge on any atom is 0.161 e. The zero-order chi connectivity index (χ0) is 35.6. The van der Waals surface area contributed by atoms with E-state index in [1.807, 2.05) is 12.1 Å². The molecule has 0 bridgehead atoms. The second-order valence-corrected chi connectivity index (χ2v) is 14.8. The van der Waals surface area contributed by atoms with Gasteiger partial charge in [-0.25, -0.2) is 9.97 Å². The van der Waals surface area contributed by atoms with Crippen molar-refractivity contribution in [3.8, 4) is 56.0 Å². The summed E-state index contributed by atoms with van der Waals surface area (Å²) < 4.78 is 9.01. The molecule has 252 valence electrons. The van der Waals surface area contributed by atoms with E-state index in [-0.39, 0.29) is 0 Å². The predicted octanol–water partition coefficient (Wildman–Crippen LogP) is 14.2. The first-order chi connectivity index (χ1) is 26.7. The van der Waals surface area contributed by atoms with E-state index < -0.39 is 0 Å². The molecule has 0 atom stereocenters. The standard InChI is InChI=1S/C50H30N2OS/c1-2-11-31(12-3-1)36-15-10-16-38(30-36)39-27-28-42(45-40-17-6-8-19-43(40)53-48(39)45)50-51-46(49-47(52-50)41-18-7-9-20-44(41)54-49)34-24-21-33(22-25-34)37-26-23-32-13-4-5-14-35(32)29-37/h1-30H. The molecule has 11 aromatic rings. The molecule has 0 fully saturated rings. The summed E-state index contributed by atoms with van der Waals surface area (Å²) in [4.78, 5) is 10.8. The quantitative estimate of drug-likeness (QED) is 0.179. The van der Waals surface area contributed by atoms with Crippen LogP contribution in [0.1, 0.15) is 0 Å². The molecule has 0 aliphatic rings. The van der Waals surface area contributed by atoms with Gasteiger partial charge in [-0.05, 0) is 75.0 Å². The number of benzene rings is 8. The van der Waals surface area contributed by atoms with Crippen molar-refractivity contribution in [2.75, 3.05) is 0 Å². The highest BCUT2D eigenvalue weighted by atomic mass is 32.1. The van der Waals surface area contributed by atoms with Crippen LogP contribution in [0, 0.1) is 0 Å². The summed E-state index contributed by atoms with van der Waals surface area (Å²) in [5, 5.41) is 5.68. The highest BCUT2D eigenvalue weighted by Gasteiger charge is 2.22. The summed E-state index contributed by atoms with van der Waals surface area (Å²) >= 11 is 1.75. The van der Waals surface area contributed by atoms with Crippen LogP contribution in [-0.2, 0) is 0 Å². The van der Waals surface area contributed by atoms with Crippen LogP contribution < -0.4 is 0 Å². The van der Waals surface area contributed by atoms with Crippen LogP contribution in [0.5, 0.6) is 0 Å². The number of thiophene rings is 1. The molecule has 54 heavy (non-hydrogen) atoms. The van der Waals surface area contributed by atoms with E-state index in [0.29, 0.717) is 5.82 Å². The fraction of sp³-hybridized carbons (Fsp3) is 0. The number of hydrogen-bond donors (Lipinski definition) is 0. The van der Waals surface area contributed by atoms with Gasteiger partial charge in [0.05, 0.1) is 15.9 Å². The average molecular weight is 707 g/mol. The van der Waals surface area contributed by atoms with Crippen molar-refractivity contribution in [3.63, 3.8) is 0 Å². The maximum absolute atomic E-state index is 6.73. The molecular formula is C50H30N2OS. The molecule has 0 unspecified atom stereocenters. The fourth-order valence-corrected chi connectivity index (χ4v) is 8.99. The molecule has 4 heteroatoms. The summed E-state index contributed by atoms with van der Waals surface area (Å²) in [6.45, 7) is 0. The Morgan fingerprint density at radius 3 is 1.96 bits per heavy atom. The van der Waals surface area contributed by atoms with Crippen molar-refractivity contribution < 1.29 is 4.42 Å². The molecule has 3 nitrogen and oxygen atoms in total. The van der Waals surface area contributed by atoms with Crippen molar-refractivity contribution in [2.24, 2.45) is 0 Å². The zero-order valence-corrected chi connectivity index (χ0v) is 29.8. The van der Waals surface area contributed by atoms with Crippen LogP contribution in [0.2, 0.25) is 0 Å². The molecule has 3 heterocycles. The third-order valence-corrected chi connectivity index (χ3v) is 11.7. The molecule has 0 saturated carbocycles. The number of aromatic nitrogens is 2. The van der Waals surface area contributed by atoms with Crippen LogP contribution in [0.25, 0.3) is 109 Å². The lowest BCUT2D eigenvalue weighted by Crippen LogP contribution is -1.95. The minimum absolute atomic E-state index is 0.681. The van der Waals surface area contributed by atoms with Gasteiger partial charge in [-0.2, -0.15) is 0 Å². The minimum atomic E-state index is 0.681. The highest BCUT2D eigenvalue weighted by Crippen LogP contribution is 2.44. The number of para-hydroxylation sites is 1. The van der Waals surface area contributed by atoms with Crippen LogP contribution in [-0.4, -0.2) is 9.97 Å². The Morgan fingerprint density at radius 1 is 0.426 bits per heavy atom. The van der Waals surface area contributed by atoms with Gasteiger partial charge in [-0.3, -0.25) is 0 Å². The van der Waals surface area contributed by atoms with Gasteiger partial charge in [0.25, 0.3) is 0 Å². The molecule has 0 aliphatic carbocycles. The van der Waals surface area contributed by atoms with Crippen LogP contribution in [0.3, 0.4) is 0 Å². The summed E-state index contributed by atoms with van der Waals surface area (Å²) in [6.07, 6.45) is 0. The molecule has 11 rings (SSSR count).